The fraction of sp³-hybridized carbons (Fsp3) is 0.438. The van der Waals surface area contributed by atoms with Crippen molar-refractivity contribution >= 4 is 10.9 Å². The number of benzene rings is 1. The Kier molecular flexibility index (Phi) is 4.47. The van der Waals surface area contributed by atoms with Gasteiger partial charge in [0.15, 0.2) is 6.20 Å². The lowest BCUT2D eigenvalue weighted by molar-refractivity contribution is -0.644. The summed E-state index contributed by atoms with van der Waals surface area (Å²) in [5, 5.41) is 39.7. The van der Waals surface area contributed by atoms with Gasteiger partial charge in [-0.05, 0) is 18.2 Å². The fourth-order valence-electron chi connectivity index (χ4n) is 2.72. The molecule has 0 unspecified atom stereocenters. The van der Waals surface area contributed by atoms with E-state index in [0.717, 1.165) is 10.9 Å². The maximum Gasteiger partial charge on any atom is 0.229 e. The van der Waals surface area contributed by atoms with Crippen molar-refractivity contribution in [3.8, 4) is 5.75 Å². The largest absolute Gasteiger partial charge is 0.462 e. The van der Waals surface area contributed by atoms with E-state index < -0.39 is 37.3 Å². The Hall–Kier alpha value is -1.77. The monoisotopic (exact) mass is 322 g/mol. The van der Waals surface area contributed by atoms with Crippen LogP contribution in [-0.4, -0.2) is 57.7 Å². The molecule has 1 fully saturated rings. The number of pyridine rings is 1. The average Bonchev–Trinajstić information content (AvgIpc) is 2.55. The minimum Gasteiger partial charge on any atom is -0.462 e. The summed E-state index contributed by atoms with van der Waals surface area (Å²) in [5.74, 6) is 0.452. The highest BCUT2D eigenvalue weighted by Gasteiger charge is 2.44. The number of rotatable bonds is 3. The zero-order chi connectivity index (χ0) is 16.6. The summed E-state index contributed by atoms with van der Waals surface area (Å²) in [6, 6.07) is 9.21. The summed E-state index contributed by atoms with van der Waals surface area (Å²) in [4.78, 5) is 0. The highest BCUT2D eigenvalue weighted by molar-refractivity contribution is 5.77. The van der Waals surface area contributed by atoms with Crippen LogP contribution in [-0.2, 0) is 11.8 Å². The minimum absolute atomic E-state index is 0.452. The first-order valence-corrected chi connectivity index (χ1v) is 7.37. The number of aromatic nitrogens is 1. The van der Waals surface area contributed by atoms with Crippen LogP contribution < -0.4 is 9.30 Å². The maximum absolute atomic E-state index is 9.99. The van der Waals surface area contributed by atoms with E-state index in [1.54, 1.807) is 12.1 Å². The summed E-state index contributed by atoms with van der Waals surface area (Å²) in [6.07, 6.45) is -4.51. The molecular formula is C16H20NO6+. The van der Waals surface area contributed by atoms with Crippen molar-refractivity contribution < 1.29 is 34.5 Å². The number of aryl methyl sites for hydroxylation is 1. The molecule has 7 heteroatoms. The van der Waals surface area contributed by atoms with Crippen LogP contribution in [0.3, 0.4) is 0 Å². The molecule has 0 bridgehead atoms. The molecule has 1 saturated heterocycles. The molecule has 0 amide bonds. The number of aliphatic hydroxyl groups is 4. The van der Waals surface area contributed by atoms with Gasteiger partial charge >= 0.3 is 0 Å². The Bertz CT molecular complexity index is 691. The molecule has 0 spiro atoms. The maximum atomic E-state index is 9.99. The van der Waals surface area contributed by atoms with Crippen LogP contribution in [0, 0.1) is 0 Å². The van der Waals surface area contributed by atoms with Gasteiger partial charge < -0.3 is 29.9 Å². The van der Waals surface area contributed by atoms with Crippen molar-refractivity contribution in [2.75, 3.05) is 6.61 Å². The van der Waals surface area contributed by atoms with E-state index >= 15 is 0 Å². The van der Waals surface area contributed by atoms with Crippen molar-refractivity contribution in [2.45, 2.75) is 30.7 Å². The van der Waals surface area contributed by atoms with E-state index in [2.05, 4.69) is 0 Å². The Morgan fingerprint density at radius 2 is 1.91 bits per heavy atom. The second-order valence-corrected chi connectivity index (χ2v) is 5.65. The molecule has 0 radical (unpaired) electrons. The number of aliphatic hydroxyl groups excluding tert-OH is 4. The third kappa shape index (κ3) is 3.01. The number of fused-ring (bicyclic) bond motifs is 1. The van der Waals surface area contributed by atoms with Gasteiger partial charge in [0.1, 0.15) is 37.2 Å². The number of hydrogen-bond donors (Lipinski definition) is 4. The van der Waals surface area contributed by atoms with Gasteiger partial charge in [0, 0.05) is 12.1 Å². The van der Waals surface area contributed by atoms with Gasteiger partial charge in [-0.15, -0.1) is 0 Å². The van der Waals surface area contributed by atoms with Crippen LogP contribution >= 0.6 is 0 Å². The van der Waals surface area contributed by atoms with Crippen LogP contribution in [0.1, 0.15) is 0 Å². The van der Waals surface area contributed by atoms with Gasteiger partial charge in [-0.2, -0.15) is 0 Å². The molecule has 2 aromatic rings. The Balaban J connectivity index is 1.83. The van der Waals surface area contributed by atoms with Crippen LogP contribution in [0.5, 0.6) is 5.75 Å². The first-order chi connectivity index (χ1) is 11.0. The van der Waals surface area contributed by atoms with Gasteiger partial charge in [0.25, 0.3) is 0 Å². The summed E-state index contributed by atoms with van der Waals surface area (Å²) in [6.45, 7) is -0.488. The van der Waals surface area contributed by atoms with E-state index in [4.69, 9.17) is 9.47 Å². The first kappa shape index (κ1) is 16.1. The molecule has 2 heterocycles. The lowest BCUT2D eigenvalue weighted by Crippen LogP contribution is -2.60. The van der Waals surface area contributed by atoms with Crippen molar-refractivity contribution in [2.24, 2.45) is 7.05 Å². The molecule has 0 saturated carbocycles. The predicted octanol–water partition coefficient (Wildman–Crippen LogP) is -1.16. The van der Waals surface area contributed by atoms with Gasteiger partial charge in [0.05, 0.1) is 12.0 Å². The van der Waals surface area contributed by atoms with Gasteiger partial charge in [-0.25, -0.2) is 4.57 Å². The van der Waals surface area contributed by atoms with E-state index in [-0.39, 0.29) is 0 Å². The number of ether oxygens (including phenoxy) is 2. The molecule has 1 aliphatic heterocycles. The second kappa shape index (κ2) is 6.38. The highest BCUT2D eigenvalue weighted by atomic mass is 16.7. The van der Waals surface area contributed by atoms with Crippen molar-refractivity contribution in [3.05, 3.63) is 36.5 Å². The topological polar surface area (TPSA) is 103 Å². The summed E-state index contributed by atoms with van der Waals surface area (Å²) in [5.41, 5.74) is 1.01. The van der Waals surface area contributed by atoms with Gasteiger partial charge in [-0.3, -0.25) is 0 Å². The fourth-order valence-corrected chi connectivity index (χ4v) is 2.72. The van der Waals surface area contributed by atoms with E-state index in [9.17, 15) is 20.4 Å². The standard InChI is InChI=1S/C16H20NO6/c1-17-6-2-3-9-7-10(4-5-11(9)17)22-16-15(21)14(20)13(19)12(8-18)23-16/h2-7,12-16,18-21H,8H2,1H3/q+1/t12-,13+,14+,15-,16+/m1/s1. The van der Waals surface area contributed by atoms with Crippen molar-refractivity contribution in [3.63, 3.8) is 0 Å². The third-order valence-corrected chi connectivity index (χ3v) is 4.07. The second-order valence-electron chi connectivity index (χ2n) is 5.65. The van der Waals surface area contributed by atoms with Crippen molar-refractivity contribution in [1.29, 1.82) is 0 Å². The quantitative estimate of drug-likeness (QED) is 0.532. The number of nitrogens with zero attached hydrogens (tertiary/aromatic N) is 1. The van der Waals surface area contributed by atoms with Crippen molar-refractivity contribution in [1.82, 2.24) is 0 Å². The molecule has 1 aromatic carbocycles. The Morgan fingerprint density at radius 1 is 1.13 bits per heavy atom. The molecule has 3 rings (SSSR count). The van der Waals surface area contributed by atoms with Gasteiger partial charge in [-0.1, -0.05) is 0 Å². The SMILES string of the molecule is C[n+]1cccc2cc(O[C@H]3O[C@H](CO)[C@H](O)[C@H](O)[C@H]3O)ccc21. The Morgan fingerprint density at radius 3 is 2.65 bits per heavy atom. The lowest BCUT2D eigenvalue weighted by atomic mass is 9.99. The van der Waals surface area contributed by atoms with Crippen LogP contribution in [0.2, 0.25) is 0 Å². The summed E-state index contributed by atoms with van der Waals surface area (Å²) >= 11 is 0. The van der Waals surface area contributed by atoms with Crippen LogP contribution in [0.15, 0.2) is 36.5 Å². The molecule has 0 aliphatic carbocycles. The smallest absolute Gasteiger partial charge is 0.229 e. The summed E-state index contributed by atoms with van der Waals surface area (Å²) < 4.78 is 12.9. The predicted molar refractivity (Wildman–Crippen MR) is 79.5 cm³/mol. The van der Waals surface area contributed by atoms with Crippen LogP contribution in [0.4, 0.5) is 0 Å². The summed E-state index contributed by atoms with van der Waals surface area (Å²) in [7, 11) is 1.93. The minimum atomic E-state index is -1.45. The van der Waals surface area contributed by atoms with E-state index in [1.165, 1.54) is 0 Å². The zero-order valence-electron chi connectivity index (χ0n) is 12.6. The first-order valence-electron chi connectivity index (χ1n) is 7.37. The lowest BCUT2D eigenvalue weighted by Gasteiger charge is -2.39. The van der Waals surface area contributed by atoms with E-state index in [1.807, 2.05) is 36.0 Å². The molecule has 1 aliphatic rings. The highest BCUT2D eigenvalue weighted by Crippen LogP contribution is 2.25. The van der Waals surface area contributed by atoms with E-state index in [0.29, 0.717) is 5.75 Å². The molecule has 124 valence electrons. The molecule has 7 nitrogen and oxygen atoms in total. The Labute approximate surface area is 132 Å². The average molecular weight is 322 g/mol. The normalized spacial score (nSPS) is 31.3. The molecular weight excluding hydrogens is 302 g/mol. The molecule has 5 atom stereocenters. The molecule has 4 N–H and O–H groups in total. The van der Waals surface area contributed by atoms with Gasteiger partial charge in [0.2, 0.25) is 11.8 Å². The molecule has 23 heavy (non-hydrogen) atoms. The third-order valence-electron chi connectivity index (χ3n) is 4.07. The van der Waals surface area contributed by atoms with Crippen LogP contribution in [0.25, 0.3) is 10.9 Å². The number of hydrogen-bond acceptors (Lipinski definition) is 6. The molecule has 1 aromatic heterocycles. The zero-order valence-corrected chi connectivity index (χ0v) is 12.6.